The average molecular weight is 342 g/mol. The smallest absolute Gasteiger partial charge is 0.271 e. The topological polar surface area (TPSA) is 59.9 Å². The largest absolute Gasteiger partial charge is 0.490 e. The van der Waals surface area contributed by atoms with E-state index in [4.69, 9.17) is 9.47 Å². The van der Waals surface area contributed by atoms with Gasteiger partial charge in [0.1, 0.15) is 12.4 Å². The summed E-state index contributed by atoms with van der Waals surface area (Å²) >= 11 is 0. The number of hydrogen-bond acceptors (Lipinski definition) is 4. The Morgan fingerprint density at radius 2 is 2.08 bits per heavy atom. The summed E-state index contributed by atoms with van der Waals surface area (Å²) in [6.07, 6.45) is 3.12. The van der Waals surface area contributed by atoms with E-state index in [1.807, 2.05) is 6.92 Å². The lowest BCUT2D eigenvalue weighted by atomic mass is 10.2. The lowest BCUT2D eigenvalue weighted by molar-refractivity contribution is 0.0954. The maximum absolute atomic E-state index is 13.1. The molecule has 0 heterocycles. The first-order valence-electron chi connectivity index (χ1n) is 7.73. The van der Waals surface area contributed by atoms with Gasteiger partial charge in [-0.15, -0.1) is 0 Å². The molecular formula is C19H19FN2O3. The fourth-order valence-corrected chi connectivity index (χ4v) is 2.00. The van der Waals surface area contributed by atoms with Gasteiger partial charge in [-0.05, 0) is 48.9 Å². The Morgan fingerprint density at radius 1 is 1.24 bits per heavy atom. The van der Waals surface area contributed by atoms with Crippen molar-refractivity contribution in [1.29, 1.82) is 0 Å². The van der Waals surface area contributed by atoms with Crippen LogP contribution in [-0.2, 0) is 0 Å². The van der Waals surface area contributed by atoms with Crippen LogP contribution in [0.15, 0.2) is 60.2 Å². The summed E-state index contributed by atoms with van der Waals surface area (Å²) in [5.41, 5.74) is 3.26. The third kappa shape index (κ3) is 5.46. The van der Waals surface area contributed by atoms with Crippen molar-refractivity contribution in [1.82, 2.24) is 5.43 Å². The molecule has 0 aliphatic rings. The molecule has 0 saturated carbocycles. The first-order chi connectivity index (χ1) is 12.1. The number of rotatable bonds is 8. The van der Waals surface area contributed by atoms with Gasteiger partial charge in [0.15, 0.2) is 11.5 Å². The molecule has 130 valence electrons. The number of hydrazone groups is 1. The monoisotopic (exact) mass is 342 g/mol. The van der Waals surface area contributed by atoms with Crippen LogP contribution in [-0.4, -0.2) is 25.3 Å². The summed E-state index contributed by atoms with van der Waals surface area (Å²) in [5, 5.41) is 3.88. The van der Waals surface area contributed by atoms with Crippen molar-refractivity contribution in [2.45, 2.75) is 6.92 Å². The van der Waals surface area contributed by atoms with E-state index in [0.29, 0.717) is 30.3 Å². The van der Waals surface area contributed by atoms with Gasteiger partial charge in [0, 0.05) is 5.56 Å². The number of hydrogen-bond donors (Lipinski definition) is 1. The van der Waals surface area contributed by atoms with E-state index in [9.17, 15) is 9.18 Å². The average Bonchev–Trinajstić information content (AvgIpc) is 2.61. The molecule has 0 spiro atoms. The Labute approximate surface area is 145 Å². The van der Waals surface area contributed by atoms with Gasteiger partial charge in [-0.1, -0.05) is 18.7 Å². The molecule has 6 heteroatoms. The molecule has 0 aliphatic carbocycles. The van der Waals surface area contributed by atoms with Crippen LogP contribution < -0.4 is 14.9 Å². The molecule has 0 saturated heterocycles. The second kappa shape index (κ2) is 9.22. The van der Waals surface area contributed by atoms with Crippen molar-refractivity contribution in [3.8, 4) is 11.5 Å². The molecule has 0 fully saturated rings. The maximum atomic E-state index is 13.1. The van der Waals surface area contributed by atoms with Gasteiger partial charge in [0.05, 0.1) is 12.8 Å². The molecule has 0 radical (unpaired) electrons. The van der Waals surface area contributed by atoms with Crippen molar-refractivity contribution < 1.29 is 18.7 Å². The first kappa shape index (κ1) is 18.2. The first-order valence-corrected chi connectivity index (χ1v) is 7.73. The molecule has 0 unspecified atom stereocenters. The standard InChI is InChI=1S/C19H19FN2O3/c1-3-10-25-17-9-8-14(11-18(17)24-4-2)13-21-22-19(23)15-6-5-7-16(20)12-15/h3,5-9,11-13H,1,4,10H2,2H3,(H,22,23). The van der Waals surface area contributed by atoms with E-state index in [1.54, 1.807) is 24.3 Å². The van der Waals surface area contributed by atoms with E-state index >= 15 is 0 Å². The summed E-state index contributed by atoms with van der Waals surface area (Å²) < 4.78 is 24.2. The number of nitrogens with zero attached hydrogens (tertiary/aromatic N) is 1. The van der Waals surface area contributed by atoms with Crippen LogP contribution >= 0.6 is 0 Å². The Balaban J connectivity index is 2.05. The quantitative estimate of drug-likeness (QED) is 0.453. The fourth-order valence-electron chi connectivity index (χ4n) is 2.00. The van der Waals surface area contributed by atoms with Crippen LogP contribution in [0.25, 0.3) is 0 Å². The van der Waals surface area contributed by atoms with E-state index in [1.165, 1.54) is 24.4 Å². The van der Waals surface area contributed by atoms with Gasteiger partial charge >= 0.3 is 0 Å². The zero-order chi connectivity index (χ0) is 18.1. The molecule has 2 aromatic carbocycles. The minimum Gasteiger partial charge on any atom is -0.490 e. The highest BCUT2D eigenvalue weighted by molar-refractivity contribution is 5.94. The van der Waals surface area contributed by atoms with Crippen molar-refractivity contribution in [3.05, 3.63) is 72.1 Å². The molecule has 25 heavy (non-hydrogen) atoms. The van der Waals surface area contributed by atoms with Crippen LogP contribution in [0.5, 0.6) is 11.5 Å². The van der Waals surface area contributed by atoms with Crippen molar-refractivity contribution in [2.75, 3.05) is 13.2 Å². The summed E-state index contributed by atoms with van der Waals surface area (Å²) in [6.45, 7) is 6.34. The third-order valence-electron chi connectivity index (χ3n) is 3.09. The number of carbonyl (C=O) groups is 1. The van der Waals surface area contributed by atoms with Crippen LogP contribution in [0.3, 0.4) is 0 Å². The van der Waals surface area contributed by atoms with Crippen molar-refractivity contribution in [2.24, 2.45) is 5.10 Å². The molecule has 1 N–H and O–H groups in total. The van der Waals surface area contributed by atoms with Crippen LogP contribution in [0.4, 0.5) is 4.39 Å². The minimum absolute atomic E-state index is 0.195. The molecule has 0 aliphatic heterocycles. The molecular weight excluding hydrogens is 323 g/mol. The van der Waals surface area contributed by atoms with Crippen molar-refractivity contribution >= 4 is 12.1 Å². The Bertz CT molecular complexity index is 775. The van der Waals surface area contributed by atoms with Gasteiger partial charge in [0.25, 0.3) is 5.91 Å². The van der Waals surface area contributed by atoms with Gasteiger partial charge in [0.2, 0.25) is 0 Å². The highest BCUT2D eigenvalue weighted by atomic mass is 19.1. The van der Waals surface area contributed by atoms with Crippen LogP contribution in [0, 0.1) is 5.82 Å². The Morgan fingerprint density at radius 3 is 2.80 bits per heavy atom. The molecule has 1 amide bonds. The second-order valence-corrected chi connectivity index (χ2v) is 4.95. The highest BCUT2D eigenvalue weighted by Gasteiger charge is 2.06. The zero-order valence-corrected chi connectivity index (χ0v) is 13.9. The molecule has 5 nitrogen and oxygen atoms in total. The van der Waals surface area contributed by atoms with Crippen LogP contribution in [0.1, 0.15) is 22.8 Å². The van der Waals surface area contributed by atoms with Gasteiger partial charge in [-0.25, -0.2) is 9.82 Å². The Hall–Kier alpha value is -3.15. The fraction of sp³-hybridized carbons (Fsp3) is 0.158. The molecule has 0 bridgehead atoms. The second-order valence-electron chi connectivity index (χ2n) is 4.95. The molecule has 2 rings (SSSR count). The number of halogens is 1. The van der Waals surface area contributed by atoms with Gasteiger partial charge in [-0.3, -0.25) is 4.79 Å². The SMILES string of the molecule is C=CCOc1ccc(C=NNC(=O)c2cccc(F)c2)cc1OCC. The lowest BCUT2D eigenvalue weighted by Crippen LogP contribution is -2.17. The predicted octanol–water partition coefficient (Wildman–Crippen LogP) is 3.55. The normalized spacial score (nSPS) is 10.5. The number of amides is 1. The maximum Gasteiger partial charge on any atom is 0.271 e. The highest BCUT2D eigenvalue weighted by Crippen LogP contribution is 2.28. The number of carbonyl (C=O) groups excluding carboxylic acids is 1. The number of nitrogens with one attached hydrogen (secondary N) is 1. The summed E-state index contributed by atoms with van der Waals surface area (Å²) in [4.78, 5) is 11.9. The summed E-state index contributed by atoms with van der Waals surface area (Å²) in [5.74, 6) is 0.201. The van der Waals surface area contributed by atoms with Crippen molar-refractivity contribution in [3.63, 3.8) is 0 Å². The molecule has 0 aromatic heterocycles. The summed E-state index contributed by atoms with van der Waals surface area (Å²) in [6, 6.07) is 10.7. The number of benzene rings is 2. The lowest BCUT2D eigenvalue weighted by Gasteiger charge is -2.11. The number of ether oxygens (including phenoxy) is 2. The molecule has 0 atom stereocenters. The van der Waals surface area contributed by atoms with Gasteiger partial charge < -0.3 is 9.47 Å². The molecule has 2 aromatic rings. The Kier molecular flexibility index (Phi) is 6.71. The van der Waals surface area contributed by atoms with E-state index in [-0.39, 0.29) is 5.56 Å². The van der Waals surface area contributed by atoms with Crippen LogP contribution in [0.2, 0.25) is 0 Å². The van der Waals surface area contributed by atoms with E-state index < -0.39 is 11.7 Å². The predicted molar refractivity (Wildman–Crippen MR) is 94.8 cm³/mol. The zero-order valence-electron chi connectivity index (χ0n) is 13.9. The minimum atomic E-state index is -0.494. The van der Waals surface area contributed by atoms with E-state index in [2.05, 4.69) is 17.1 Å². The third-order valence-corrected chi connectivity index (χ3v) is 3.09. The van der Waals surface area contributed by atoms with Gasteiger partial charge in [-0.2, -0.15) is 5.10 Å². The van der Waals surface area contributed by atoms with E-state index in [0.717, 1.165) is 6.07 Å². The summed E-state index contributed by atoms with van der Waals surface area (Å²) in [7, 11) is 0.